The highest BCUT2D eigenvalue weighted by atomic mass is 16.5. The number of aromatic nitrogens is 2. The Labute approximate surface area is 193 Å². The summed E-state index contributed by atoms with van der Waals surface area (Å²) in [6.45, 7) is 6.51. The summed E-state index contributed by atoms with van der Waals surface area (Å²) in [5, 5.41) is 13.1. The first-order valence-corrected chi connectivity index (χ1v) is 11.0. The van der Waals surface area contributed by atoms with Crippen LogP contribution in [0.15, 0.2) is 86.0 Å². The van der Waals surface area contributed by atoms with Crippen LogP contribution < -0.4 is 5.32 Å². The molecule has 0 spiro atoms. The maximum absolute atomic E-state index is 8.86. The largest absolute Gasteiger partial charge is 0.378 e. The zero-order chi connectivity index (χ0) is 22.6. The normalized spacial score (nSPS) is 13.6. The zero-order valence-corrected chi connectivity index (χ0v) is 18.3. The molecule has 0 saturated carbocycles. The lowest BCUT2D eigenvalue weighted by molar-refractivity contribution is 0.0680. The average molecular weight is 436 g/mol. The number of morpholine rings is 1. The number of pyridine rings is 2. The molecule has 0 bridgehead atoms. The van der Waals surface area contributed by atoms with Gasteiger partial charge in [0, 0.05) is 48.3 Å². The molecule has 1 aliphatic heterocycles. The van der Waals surface area contributed by atoms with Crippen LogP contribution in [0.2, 0.25) is 0 Å². The van der Waals surface area contributed by atoms with Crippen LogP contribution in [0, 0.1) is 5.41 Å². The SMILES string of the molecule is C=CNc1ccc(-c2ccc3nccc(-c4ccncc4)c3c2)cc1C(=N)N1CCOCC1. The molecule has 6 nitrogen and oxygen atoms in total. The molecular weight excluding hydrogens is 410 g/mol. The van der Waals surface area contributed by atoms with Gasteiger partial charge in [-0.15, -0.1) is 0 Å². The summed E-state index contributed by atoms with van der Waals surface area (Å²) in [5.74, 6) is 0.490. The molecule has 33 heavy (non-hydrogen) atoms. The minimum Gasteiger partial charge on any atom is -0.378 e. The van der Waals surface area contributed by atoms with Crippen molar-refractivity contribution in [3.63, 3.8) is 0 Å². The Bertz CT molecular complexity index is 1310. The fourth-order valence-corrected chi connectivity index (χ4v) is 4.22. The highest BCUT2D eigenvalue weighted by molar-refractivity contribution is 6.03. The van der Waals surface area contributed by atoms with Crippen LogP contribution in [0.25, 0.3) is 33.2 Å². The van der Waals surface area contributed by atoms with Gasteiger partial charge in [-0.2, -0.15) is 0 Å². The maximum atomic E-state index is 8.86. The molecule has 5 rings (SSSR count). The topological polar surface area (TPSA) is 74.1 Å². The number of hydrogen-bond donors (Lipinski definition) is 2. The molecule has 1 fully saturated rings. The summed E-state index contributed by atoms with van der Waals surface area (Å²) in [7, 11) is 0. The number of ether oxygens (including phenoxy) is 1. The number of anilines is 1. The predicted octanol–water partition coefficient (Wildman–Crippen LogP) is 5.18. The second kappa shape index (κ2) is 9.22. The first kappa shape index (κ1) is 20.8. The van der Waals surface area contributed by atoms with E-state index in [1.165, 1.54) is 0 Å². The number of amidine groups is 1. The monoisotopic (exact) mass is 435 g/mol. The standard InChI is InChI=1S/C27H25N5O/c1-2-30-26-6-4-21(18-24(26)27(28)32-13-15-33-16-14-32)20-3-5-25-23(17-20)22(9-12-31-25)19-7-10-29-11-8-19/h2-12,17-18,28,30H,1,13-16H2. The Morgan fingerprint density at radius 1 is 0.939 bits per heavy atom. The number of hydrogen-bond acceptors (Lipinski definition) is 5. The average Bonchev–Trinajstić information content (AvgIpc) is 2.89. The fourth-order valence-electron chi connectivity index (χ4n) is 4.22. The first-order chi connectivity index (χ1) is 16.2. The molecule has 1 aliphatic rings. The molecule has 0 atom stereocenters. The first-order valence-electron chi connectivity index (χ1n) is 11.0. The van der Waals surface area contributed by atoms with Crippen molar-refractivity contribution in [1.29, 1.82) is 5.41 Å². The van der Waals surface area contributed by atoms with Gasteiger partial charge in [-0.1, -0.05) is 18.7 Å². The Balaban J connectivity index is 1.59. The number of nitrogens with one attached hydrogen (secondary N) is 2. The van der Waals surface area contributed by atoms with Crippen LogP contribution in [-0.2, 0) is 4.74 Å². The number of rotatable bonds is 5. The zero-order valence-electron chi connectivity index (χ0n) is 18.3. The lowest BCUT2D eigenvalue weighted by Crippen LogP contribution is -2.40. The summed E-state index contributed by atoms with van der Waals surface area (Å²) >= 11 is 0. The lowest BCUT2D eigenvalue weighted by atomic mass is 9.96. The Morgan fingerprint density at radius 2 is 1.70 bits per heavy atom. The molecule has 164 valence electrons. The van der Waals surface area contributed by atoms with Crippen molar-refractivity contribution in [3.8, 4) is 22.3 Å². The van der Waals surface area contributed by atoms with Gasteiger partial charge in [-0.05, 0) is 70.9 Å². The van der Waals surface area contributed by atoms with E-state index < -0.39 is 0 Å². The summed E-state index contributed by atoms with van der Waals surface area (Å²) in [5.41, 5.74) is 7.00. The maximum Gasteiger partial charge on any atom is 0.130 e. The van der Waals surface area contributed by atoms with Crippen LogP contribution in [0.1, 0.15) is 5.56 Å². The summed E-state index contributed by atoms with van der Waals surface area (Å²) in [6, 6.07) is 18.5. The van der Waals surface area contributed by atoms with E-state index in [4.69, 9.17) is 10.1 Å². The van der Waals surface area contributed by atoms with E-state index in [9.17, 15) is 0 Å². The number of nitrogens with zero attached hydrogens (tertiary/aromatic N) is 3. The molecule has 2 N–H and O–H groups in total. The molecule has 4 aromatic rings. The van der Waals surface area contributed by atoms with Crippen LogP contribution in [0.3, 0.4) is 0 Å². The van der Waals surface area contributed by atoms with Crippen molar-refractivity contribution in [2.75, 3.05) is 31.6 Å². The van der Waals surface area contributed by atoms with E-state index in [1.807, 2.05) is 30.5 Å². The molecule has 2 aromatic heterocycles. The highest BCUT2D eigenvalue weighted by Crippen LogP contribution is 2.32. The molecule has 0 radical (unpaired) electrons. The third kappa shape index (κ3) is 4.21. The predicted molar refractivity (Wildman–Crippen MR) is 133 cm³/mol. The number of fused-ring (bicyclic) bond motifs is 1. The smallest absolute Gasteiger partial charge is 0.130 e. The van der Waals surface area contributed by atoms with Crippen molar-refractivity contribution in [1.82, 2.24) is 14.9 Å². The van der Waals surface area contributed by atoms with E-state index in [0.717, 1.165) is 44.4 Å². The highest BCUT2D eigenvalue weighted by Gasteiger charge is 2.19. The Morgan fingerprint density at radius 3 is 2.48 bits per heavy atom. The van der Waals surface area contributed by atoms with E-state index in [0.29, 0.717) is 32.1 Å². The van der Waals surface area contributed by atoms with Crippen LogP contribution in [0.5, 0.6) is 0 Å². The molecule has 2 aromatic carbocycles. The van der Waals surface area contributed by atoms with E-state index >= 15 is 0 Å². The fraction of sp³-hybridized carbons (Fsp3) is 0.148. The van der Waals surface area contributed by atoms with Gasteiger partial charge in [0.1, 0.15) is 5.84 Å². The lowest BCUT2D eigenvalue weighted by Gasteiger charge is -2.30. The van der Waals surface area contributed by atoms with Crippen molar-refractivity contribution >= 4 is 22.4 Å². The second-order valence-corrected chi connectivity index (χ2v) is 7.88. The van der Waals surface area contributed by atoms with Gasteiger partial charge in [0.2, 0.25) is 0 Å². The van der Waals surface area contributed by atoms with Gasteiger partial charge < -0.3 is 15.0 Å². The third-order valence-corrected chi connectivity index (χ3v) is 5.93. The summed E-state index contributed by atoms with van der Waals surface area (Å²) in [4.78, 5) is 10.8. The molecule has 0 amide bonds. The third-order valence-electron chi connectivity index (χ3n) is 5.93. The van der Waals surface area contributed by atoms with Crippen molar-refractivity contribution < 1.29 is 4.74 Å². The van der Waals surface area contributed by atoms with E-state index in [1.54, 1.807) is 18.6 Å². The van der Waals surface area contributed by atoms with Crippen LogP contribution in [-0.4, -0.2) is 47.0 Å². The summed E-state index contributed by atoms with van der Waals surface area (Å²) in [6.07, 6.45) is 7.10. The quantitative estimate of drug-likeness (QED) is 0.334. The molecule has 3 heterocycles. The second-order valence-electron chi connectivity index (χ2n) is 7.88. The van der Waals surface area contributed by atoms with E-state index in [2.05, 4.69) is 57.1 Å². The number of benzene rings is 2. The van der Waals surface area contributed by atoms with Gasteiger partial charge in [0.15, 0.2) is 0 Å². The van der Waals surface area contributed by atoms with Crippen molar-refractivity contribution in [2.24, 2.45) is 0 Å². The minimum absolute atomic E-state index is 0.490. The Kier molecular flexibility index (Phi) is 5.83. The summed E-state index contributed by atoms with van der Waals surface area (Å²) < 4.78 is 5.47. The molecule has 1 saturated heterocycles. The minimum atomic E-state index is 0.490. The van der Waals surface area contributed by atoms with Gasteiger partial charge in [0.25, 0.3) is 0 Å². The van der Waals surface area contributed by atoms with Crippen molar-refractivity contribution in [2.45, 2.75) is 0 Å². The molecular formula is C27H25N5O. The van der Waals surface area contributed by atoms with Crippen LogP contribution >= 0.6 is 0 Å². The van der Waals surface area contributed by atoms with Crippen LogP contribution in [0.4, 0.5) is 5.69 Å². The van der Waals surface area contributed by atoms with Gasteiger partial charge in [-0.3, -0.25) is 15.4 Å². The molecule has 0 aliphatic carbocycles. The molecule has 6 heteroatoms. The van der Waals surface area contributed by atoms with E-state index in [-0.39, 0.29) is 0 Å². The Hall–Kier alpha value is -4.03. The van der Waals surface area contributed by atoms with Gasteiger partial charge >= 0.3 is 0 Å². The van der Waals surface area contributed by atoms with Gasteiger partial charge in [0.05, 0.1) is 18.7 Å². The van der Waals surface area contributed by atoms with Gasteiger partial charge in [-0.25, -0.2) is 0 Å². The van der Waals surface area contributed by atoms with Crippen molar-refractivity contribution in [3.05, 3.63) is 91.5 Å². The molecule has 0 unspecified atom stereocenters.